The van der Waals surface area contributed by atoms with E-state index in [0.717, 1.165) is 19.0 Å². The lowest BCUT2D eigenvalue weighted by Crippen LogP contribution is -2.20. The van der Waals surface area contributed by atoms with Crippen molar-refractivity contribution in [2.45, 2.75) is 13.1 Å². The Balaban J connectivity index is 1.56. The molecule has 0 saturated heterocycles. The maximum absolute atomic E-state index is 5.24. The summed E-state index contributed by atoms with van der Waals surface area (Å²) in [5.74, 6) is 2.58. The van der Waals surface area contributed by atoms with E-state index in [4.69, 9.17) is 8.94 Å². The molecule has 96 valence electrons. The molecule has 7 nitrogen and oxygen atoms in total. The molecule has 4 rings (SSSR count). The Morgan fingerprint density at radius 2 is 2.32 bits per heavy atom. The van der Waals surface area contributed by atoms with Crippen LogP contribution < -0.4 is 4.90 Å². The number of anilines is 1. The highest BCUT2D eigenvalue weighted by atomic mass is 16.5. The minimum absolute atomic E-state index is 0.475. The molecule has 1 aliphatic rings. The Morgan fingerprint density at radius 1 is 1.32 bits per heavy atom. The lowest BCUT2D eigenvalue weighted by Gasteiger charge is -2.12. The Bertz CT molecular complexity index is 685. The van der Waals surface area contributed by atoms with Crippen molar-refractivity contribution >= 4 is 5.95 Å². The number of imidazole rings is 1. The van der Waals surface area contributed by atoms with Gasteiger partial charge >= 0.3 is 0 Å². The smallest absolute Gasteiger partial charge is 0.246 e. The number of hydrogen-bond donors (Lipinski definition) is 0. The summed E-state index contributed by atoms with van der Waals surface area (Å²) in [5, 5.41) is 3.91. The first kappa shape index (κ1) is 10.4. The number of aromatic nitrogens is 4. The van der Waals surface area contributed by atoms with Crippen LogP contribution in [0.4, 0.5) is 5.95 Å². The van der Waals surface area contributed by atoms with Gasteiger partial charge in [0.25, 0.3) is 0 Å². The fraction of sp³-hybridized carbons (Fsp3) is 0.250. The summed E-state index contributed by atoms with van der Waals surface area (Å²) < 4.78 is 12.6. The Hall–Kier alpha value is -2.57. The third-order valence-corrected chi connectivity index (χ3v) is 3.12. The van der Waals surface area contributed by atoms with Crippen molar-refractivity contribution in [2.75, 3.05) is 11.4 Å². The van der Waals surface area contributed by atoms with Gasteiger partial charge < -0.3 is 18.4 Å². The van der Waals surface area contributed by atoms with Crippen LogP contribution in [0.1, 0.15) is 5.89 Å². The lowest BCUT2D eigenvalue weighted by molar-refractivity contribution is 0.376. The van der Waals surface area contributed by atoms with E-state index < -0.39 is 0 Å². The van der Waals surface area contributed by atoms with Crippen molar-refractivity contribution in [3.8, 4) is 11.6 Å². The number of nitrogens with zero attached hydrogens (tertiary/aromatic N) is 5. The molecule has 7 heteroatoms. The van der Waals surface area contributed by atoms with E-state index >= 15 is 0 Å². The largest absolute Gasteiger partial charge is 0.461 e. The second kappa shape index (κ2) is 3.98. The third kappa shape index (κ3) is 1.70. The highest BCUT2D eigenvalue weighted by Crippen LogP contribution is 2.21. The van der Waals surface area contributed by atoms with E-state index in [1.54, 1.807) is 24.6 Å². The van der Waals surface area contributed by atoms with Crippen LogP contribution in [0.25, 0.3) is 11.6 Å². The van der Waals surface area contributed by atoms with Crippen LogP contribution >= 0.6 is 0 Å². The zero-order valence-corrected chi connectivity index (χ0v) is 10.1. The summed E-state index contributed by atoms with van der Waals surface area (Å²) in [6.07, 6.45) is 5.35. The quantitative estimate of drug-likeness (QED) is 0.708. The molecule has 0 fully saturated rings. The molecule has 0 aliphatic carbocycles. The van der Waals surface area contributed by atoms with E-state index in [1.807, 2.05) is 6.20 Å². The molecular weight excluding hydrogens is 246 g/mol. The molecule has 0 atom stereocenters. The molecular formula is C12H11N5O2. The molecule has 3 aromatic rings. The molecule has 0 spiro atoms. The number of fused-ring (bicyclic) bond motifs is 1. The fourth-order valence-electron chi connectivity index (χ4n) is 2.23. The molecule has 0 radical (unpaired) electrons. The molecule has 3 aromatic heterocycles. The van der Waals surface area contributed by atoms with Gasteiger partial charge in [-0.25, -0.2) is 4.98 Å². The number of furan rings is 1. The number of hydrogen-bond acceptors (Lipinski definition) is 6. The van der Waals surface area contributed by atoms with E-state index in [2.05, 4.69) is 24.6 Å². The van der Waals surface area contributed by atoms with Crippen LogP contribution in [0.2, 0.25) is 0 Å². The van der Waals surface area contributed by atoms with Gasteiger partial charge in [0, 0.05) is 25.5 Å². The predicted molar refractivity (Wildman–Crippen MR) is 65.3 cm³/mol. The summed E-state index contributed by atoms with van der Waals surface area (Å²) in [5.41, 5.74) is 0. The van der Waals surface area contributed by atoms with Gasteiger partial charge in [-0.2, -0.15) is 4.98 Å². The highest BCUT2D eigenvalue weighted by molar-refractivity contribution is 5.45. The lowest BCUT2D eigenvalue weighted by atomic mass is 10.4. The van der Waals surface area contributed by atoms with Gasteiger partial charge in [0.1, 0.15) is 6.54 Å². The molecule has 0 saturated carbocycles. The molecule has 0 amide bonds. The summed E-state index contributed by atoms with van der Waals surface area (Å²) >= 11 is 0. The van der Waals surface area contributed by atoms with Crippen LogP contribution in [0.15, 0.2) is 39.7 Å². The van der Waals surface area contributed by atoms with Crippen molar-refractivity contribution in [2.24, 2.45) is 0 Å². The maximum Gasteiger partial charge on any atom is 0.246 e. The Morgan fingerprint density at radius 3 is 3.21 bits per heavy atom. The molecule has 19 heavy (non-hydrogen) atoms. The van der Waals surface area contributed by atoms with Gasteiger partial charge in [-0.15, -0.1) is 0 Å². The molecule has 1 aliphatic heterocycles. The van der Waals surface area contributed by atoms with E-state index in [1.165, 1.54) is 0 Å². The van der Waals surface area contributed by atoms with Crippen molar-refractivity contribution < 1.29 is 8.94 Å². The van der Waals surface area contributed by atoms with Gasteiger partial charge in [0.05, 0.1) is 6.26 Å². The second-order valence-electron chi connectivity index (χ2n) is 4.33. The van der Waals surface area contributed by atoms with Crippen molar-refractivity contribution in [1.82, 2.24) is 19.7 Å². The third-order valence-electron chi connectivity index (χ3n) is 3.12. The monoisotopic (exact) mass is 257 g/mol. The van der Waals surface area contributed by atoms with Crippen LogP contribution in [0.3, 0.4) is 0 Å². The minimum atomic E-state index is 0.475. The van der Waals surface area contributed by atoms with Gasteiger partial charge in [0.2, 0.25) is 17.7 Å². The van der Waals surface area contributed by atoms with Gasteiger partial charge in [-0.1, -0.05) is 5.16 Å². The zero-order chi connectivity index (χ0) is 12.7. The van der Waals surface area contributed by atoms with Crippen LogP contribution in [-0.2, 0) is 13.1 Å². The van der Waals surface area contributed by atoms with Crippen molar-refractivity contribution in [1.29, 1.82) is 0 Å². The molecule has 0 unspecified atom stereocenters. The maximum atomic E-state index is 5.24. The van der Waals surface area contributed by atoms with E-state index in [9.17, 15) is 0 Å². The molecule has 4 heterocycles. The molecule has 0 N–H and O–H groups in total. The average molecular weight is 257 g/mol. The SMILES string of the molecule is c1coc(-c2noc(CN3CCn4ccnc43)n2)c1. The molecule has 0 aromatic carbocycles. The van der Waals surface area contributed by atoms with Crippen LogP contribution in [0.5, 0.6) is 0 Å². The summed E-state index contributed by atoms with van der Waals surface area (Å²) in [4.78, 5) is 10.7. The topological polar surface area (TPSA) is 73.1 Å². The van der Waals surface area contributed by atoms with Crippen molar-refractivity contribution in [3.05, 3.63) is 36.7 Å². The minimum Gasteiger partial charge on any atom is -0.461 e. The van der Waals surface area contributed by atoms with Gasteiger partial charge in [-0.3, -0.25) is 0 Å². The standard InChI is InChI=1S/C12H11N5O2/c1-2-9(18-7-1)11-14-10(19-15-11)8-17-6-5-16-4-3-13-12(16)17/h1-4,7H,5-6,8H2. The summed E-state index contributed by atoms with van der Waals surface area (Å²) in [6.45, 7) is 2.40. The average Bonchev–Trinajstić information content (AvgIpc) is 3.15. The fourth-order valence-corrected chi connectivity index (χ4v) is 2.23. The van der Waals surface area contributed by atoms with E-state index in [0.29, 0.717) is 24.0 Å². The Labute approximate surface area is 108 Å². The van der Waals surface area contributed by atoms with Gasteiger partial charge in [0.15, 0.2) is 5.76 Å². The van der Waals surface area contributed by atoms with Gasteiger partial charge in [-0.05, 0) is 12.1 Å². The Kier molecular flexibility index (Phi) is 2.17. The highest BCUT2D eigenvalue weighted by Gasteiger charge is 2.22. The normalized spacial score (nSPS) is 14.0. The first-order valence-electron chi connectivity index (χ1n) is 6.03. The second-order valence-corrected chi connectivity index (χ2v) is 4.33. The summed E-state index contributed by atoms with van der Waals surface area (Å²) in [7, 11) is 0. The zero-order valence-electron chi connectivity index (χ0n) is 10.1. The molecule has 0 bridgehead atoms. The number of rotatable bonds is 3. The van der Waals surface area contributed by atoms with E-state index in [-0.39, 0.29) is 0 Å². The summed E-state index contributed by atoms with van der Waals surface area (Å²) in [6, 6.07) is 3.60. The van der Waals surface area contributed by atoms with Crippen LogP contribution in [0, 0.1) is 0 Å². The predicted octanol–water partition coefficient (Wildman–Crippen LogP) is 1.55. The van der Waals surface area contributed by atoms with Crippen molar-refractivity contribution in [3.63, 3.8) is 0 Å². The first-order valence-corrected chi connectivity index (χ1v) is 6.03. The first-order chi connectivity index (χ1) is 9.40. The van der Waals surface area contributed by atoms with Crippen LogP contribution in [-0.4, -0.2) is 26.2 Å².